The van der Waals surface area contributed by atoms with Gasteiger partial charge in [-0.2, -0.15) is 8.42 Å². The third-order valence-corrected chi connectivity index (χ3v) is 4.58. The van der Waals surface area contributed by atoms with Crippen LogP contribution in [0, 0.1) is 23.7 Å². The average molecular weight is 403 g/mol. The van der Waals surface area contributed by atoms with Crippen LogP contribution in [0.2, 0.25) is 0 Å². The molecule has 7 heteroatoms. The lowest BCUT2D eigenvalue weighted by Gasteiger charge is -2.16. The van der Waals surface area contributed by atoms with Crippen molar-refractivity contribution in [3.8, 4) is 17.6 Å². The molecule has 0 saturated heterocycles. The summed E-state index contributed by atoms with van der Waals surface area (Å²) in [6.45, 7) is 0.559. The Bertz CT molecular complexity index is 656. The van der Waals surface area contributed by atoms with Gasteiger partial charge in [-0.1, -0.05) is 27.8 Å². The first kappa shape index (κ1) is 18.3. The smallest absolute Gasteiger partial charge is 0.265 e. The van der Waals surface area contributed by atoms with E-state index in [0.717, 1.165) is 17.3 Å². The first-order valence-corrected chi connectivity index (χ1v) is 9.72. The summed E-state index contributed by atoms with van der Waals surface area (Å²) in [5.41, 5.74) is 0. The Hall–Kier alpha value is -1.07. The maximum Gasteiger partial charge on any atom is 0.265 e. The summed E-state index contributed by atoms with van der Waals surface area (Å²) >= 11 is 3.33. The molecule has 1 aliphatic rings. The van der Waals surface area contributed by atoms with E-state index in [0.29, 0.717) is 11.7 Å². The van der Waals surface area contributed by atoms with Gasteiger partial charge in [0, 0.05) is 16.3 Å². The summed E-state index contributed by atoms with van der Waals surface area (Å²) in [6, 6.07) is 7.21. The molecule has 0 aliphatic heterocycles. The molecule has 1 aromatic rings. The molecule has 1 atom stereocenters. The van der Waals surface area contributed by atoms with Crippen molar-refractivity contribution in [3.63, 3.8) is 0 Å². The SMILES string of the molecule is O=S(=O)(O)CC(COCC#CC1CC1)COc1ccc(Br)cc1. The Morgan fingerprint density at radius 2 is 1.96 bits per heavy atom. The highest BCUT2D eigenvalue weighted by molar-refractivity contribution is 9.10. The first-order valence-electron chi connectivity index (χ1n) is 7.32. The molecule has 126 valence electrons. The zero-order valence-corrected chi connectivity index (χ0v) is 15.0. The van der Waals surface area contributed by atoms with Crippen LogP contribution >= 0.6 is 15.9 Å². The molecule has 0 radical (unpaired) electrons. The second-order valence-electron chi connectivity index (χ2n) is 5.49. The number of hydrogen-bond acceptors (Lipinski definition) is 4. The molecule has 1 N–H and O–H groups in total. The second kappa shape index (κ2) is 8.69. The molecular formula is C16H19BrO5S. The van der Waals surface area contributed by atoms with Crippen LogP contribution < -0.4 is 4.74 Å². The van der Waals surface area contributed by atoms with E-state index in [4.69, 9.17) is 14.0 Å². The van der Waals surface area contributed by atoms with Gasteiger partial charge in [0.05, 0.1) is 19.0 Å². The summed E-state index contributed by atoms with van der Waals surface area (Å²) in [5, 5.41) is 0. The monoisotopic (exact) mass is 402 g/mol. The van der Waals surface area contributed by atoms with E-state index < -0.39 is 21.8 Å². The van der Waals surface area contributed by atoms with Gasteiger partial charge < -0.3 is 9.47 Å². The molecule has 1 fully saturated rings. The fourth-order valence-electron chi connectivity index (χ4n) is 1.88. The number of benzene rings is 1. The predicted octanol–water partition coefficient (Wildman–Crippen LogP) is 2.76. The third kappa shape index (κ3) is 8.37. The van der Waals surface area contributed by atoms with Crippen LogP contribution in [0.25, 0.3) is 0 Å². The van der Waals surface area contributed by atoms with E-state index in [1.807, 2.05) is 12.1 Å². The predicted molar refractivity (Wildman–Crippen MR) is 90.9 cm³/mol. The molecule has 1 aliphatic carbocycles. The van der Waals surface area contributed by atoms with Crippen molar-refractivity contribution in [1.29, 1.82) is 0 Å². The van der Waals surface area contributed by atoms with Crippen molar-refractivity contribution in [2.75, 3.05) is 25.6 Å². The van der Waals surface area contributed by atoms with Gasteiger partial charge in [-0.3, -0.25) is 4.55 Å². The van der Waals surface area contributed by atoms with Crippen molar-refractivity contribution in [1.82, 2.24) is 0 Å². The second-order valence-corrected chi connectivity index (χ2v) is 7.90. The zero-order valence-electron chi connectivity index (χ0n) is 12.6. The maximum atomic E-state index is 11.1. The normalized spacial score (nSPS) is 15.6. The molecule has 0 amide bonds. The molecule has 2 rings (SSSR count). The van der Waals surface area contributed by atoms with Gasteiger partial charge in [0.15, 0.2) is 0 Å². The molecule has 0 spiro atoms. The van der Waals surface area contributed by atoms with Gasteiger partial charge in [0.2, 0.25) is 0 Å². The molecule has 0 aromatic heterocycles. The molecule has 23 heavy (non-hydrogen) atoms. The molecule has 5 nitrogen and oxygen atoms in total. The highest BCUT2D eigenvalue weighted by atomic mass is 79.9. The van der Waals surface area contributed by atoms with Crippen molar-refractivity contribution in [2.24, 2.45) is 11.8 Å². The molecule has 0 heterocycles. The van der Waals surface area contributed by atoms with Gasteiger partial charge in [0.1, 0.15) is 12.4 Å². The number of rotatable bonds is 8. The topological polar surface area (TPSA) is 72.8 Å². The highest BCUT2D eigenvalue weighted by Gasteiger charge is 2.19. The van der Waals surface area contributed by atoms with E-state index in [1.54, 1.807) is 12.1 Å². The van der Waals surface area contributed by atoms with Gasteiger partial charge in [0.25, 0.3) is 10.1 Å². The van der Waals surface area contributed by atoms with Crippen molar-refractivity contribution >= 4 is 26.0 Å². The van der Waals surface area contributed by atoms with Crippen LogP contribution in [0.3, 0.4) is 0 Å². The third-order valence-electron chi connectivity index (χ3n) is 3.16. The molecule has 1 aromatic carbocycles. The molecular weight excluding hydrogens is 384 g/mol. The highest BCUT2D eigenvalue weighted by Crippen LogP contribution is 2.27. The first-order chi connectivity index (χ1) is 10.9. The Kier molecular flexibility index (Phi) is 6.90. The van der Waals surface area contributed by atoms with Crippen LogP contribution in [0.15, 0.2) is 28.7 Å². The van der Waals surface area contributed by atoms with Crippen molar-refractivity contribution in [2.45, 2.75) is 12.8 Å². The van der Waals surface area contributed by atoms with E-state index in [2.05, 4.69) is 27.8 Å². The summed E-state index contributed by atoms with van der Waals surface area (Å²) in [4.78, 5) is 0. The maximum absolute atomic E-state index is 11.1. The fraction of sp³-hybridized carbons (Fsp3) is 0.500. The zero-order chi connectivity index (χ0) is 16.7. The molecule has 1 unspecified atom stereocenters. The minimum absolute atomic E-state index is 0.136. The van der Waals surface area contributed by atoms with Crippen LogP contribution in [-0.4, -0.2) is 38.5 Å². The Labute approximate surface area is 145 Å². The van der Waals surface area contributed by atoms with Crippen molar-refractivity contribution < 1.29 is 22.4 Å². The standard InChI is InChI=1S/C16H19BrO5S/c17-15-5-7-16(8-6-15)22-11-14(12-23(18,19)20)10-21-9-1-2-13-3-4-13/h5-8,13-14H,3-4,9-12H2,(H,18,19,20). The summed E-state index contributed by atoms with van der Waals surface area (Å²) in [7, 11) is -4.08. The number of halogens is 1. The van der Waals surface area contributed by atoms with Gasteiger partial charge in [-0.05, 0) is 37.1 Å². The molecule has 1 saturated carbocycles. The summed E-state index contributed by atoms with van der Waals surface area (Å²) in [5.74, 6) is 6.25. The lowest BCUT2D eigenvalue weighted by atomic mass is 10.2. The van der Waals surface area contributed by atoms with E-state index >= 15 is 0 Å². The van der Waals surface area contributed by atoms with Crippen molar-refractivity contribution in [3.05, 3.63) is 28.7 Å². The summed E-state index contributed by atoms with van der Waals surface area (Å²) < 4.78 is 43.1. The van der Waals surface area contributed by atoms with E-state index in [1.165, 1.54) is 0 Å². The minimum Gasteiger partial charge on any atom is -0.493 e. The average Bonchev–Trinajstić information content (AvgIpc) is 3.28. The largest absolute Gasteiger partial charge is 0.493 e. The van der Waals surface area contributed by atoms with Crippen LogP contribution in [-0.2, 0) is 14.9 Å². The Morgan fingerprint density at radius 1 is 1.26 bits per heavy atom. The van der Waals surface area contributed by atoms with Crippen LogP contribution in [0.5, 0.6) is 5.75 Å². The lowest BCUT2D eigenvalue weighted by Crippen LogP contribution is -2.26. The number of hydrogen-bond donors (Lipinski definition) is 1. The number of ether oxygens (including phenoxy) is 2. The lowest BCUT2D eigenvalue weighted by molar-refractivity contribution is 0.107. The molecule has 0 bridgehead atoms. The summed E-state index contributed by atoms with van der Waals surface area (Å²) in [6.07, 6.45) is 2.30. The quantitative estimate of drug-likeness (QED) is 0.411. The van der Waals surface area contributed by atoms with Crippen LogP contribution in [0.4, 0.5) is 0 Å². The Morgan fingerprint density at radius 3 is 2.57 bits per heavy atom. The Balaban J connectivity index is 1.80. The van der Waals surface area contributed by atoms with Gasteiger partial charge in [-0.25, -0.2) is 0 Å². The minimum atomic E-state index is -4.08. The van der Waals surface area contributed by atoms with Gasteiger partial charge in [-0.15, -0.1) is 0 Å². The van der Waals surface area contributed by atoms with Gasteiger partial charge >= 0.3 is 0 Å². The van der Waals surface area contributed by atoms with E-state index in [9.17, 15) is 8.42 Å². The fourth-order valence-corrected chi connectivity index (χ4v) is 2.93. The van der Waals surface area contributed by atoms with E-state index in [-0.39, 0.29) is 19.8 Å². The van der Waals surface area contributed by atoms with Crippen LogP contribution in [0.1, 0.15) is 12.8 Å².